The van der Waals surface area contributed by atoms with Crippen molar-refractivity contribution in [3.05, 3.63) is 206 Å². The van der Waals surface area contributed by atoms with E-state index in [0.29, 0.717) is 0 Å². The van der Waals surface area contributed by atoms with Crippen molar-refractivity contribution in [2.45, 2.75) is 6.23 Å². The Kier molecular flexibility index (Phi) is 7.20. The molecule has 2 heterocycles. The third kappa shape index (κ3) is 5.14. The maximum atomic E-state index is 6.83. The molecule has 1 aliphatic heterocycles. The summed E-state index contributed by atoms with van der Waals surface area (Å²) in [7, 11) is 0. The lowest BCUT2D eigenvalue weighted by atomic mass is 9.98. The topological polar surface area (TPSA) is 29.4 Å². The zero-order valence-corrected chi connectivity index (χ0v) is 29.9. The summed E-state index contributed by atoms with van der Waals surface area (Å²) in [6.45, 7) is 0. The van der Waals surface area contributed by atoms with Crippen LogP contribution in [-0.4, -0.2) is 4.57 Å². The monoisotopic (exact) mass is 705 g/mol. The smallest absolute Gasteiger partial charge is 0.196 e. The van der Waals surface area contributed by atoms with Crippen LogP contribution in [0.15, 0.2) is 200 Å². The van der Waals surface area contributed by atoms with E-state index in [4.69, 9.17) is 4.74 Å². The summed E-state index contributed by atoms with van der Waals surface area (Å²) in [6, 6.07) is 71.6. The summed E-state index contributed by atoms with van der Waals surface area (Å²) in [6.07, 6.45) is -0.277. The second-order valence-electron chi connectivity index (χ2n) is 14.2. The van der Waals surface area contributed by atoms with Gasteiger partial charge in [-0.3, -0.25) is 0 Å². The van der Waals surface area contributed by atoms with Crippen molar-refractivity contribution in [1.29, 1.82) is 0 Å². The molecule has 10 aromatic rings. The number of aromatic nitrogens is 1. The molecule has 4 nitrogen and oxygen atoms in total. The molecule has 55 heavy (non-hydrogen) atoms. The first-order chi connectivity index (χ1) is 27.3. The Morgan fingerprint density at radius 3 is 2.02 bits per heavy atom. The predicted molar refractivity (Wildman–Crippen MR) is 229 cm³/mol. The van der Waals surface area contributed by atoms with Crippen LogP contribution in [0.1, 0.15) is 11.8 Å². The summed E-state index contributed by atoms with van der Waals surface area (Å²) in [4.78, 5) is 2.39. The number of rotatable bonds is 6. The second-order valence-corrected chi connectivity index (χ2v) is 14.2. The van der Waals surface area contributed by atoms with Crippen LogP contribution in [0.25, 0.3) is 60.2 Å². The van der Waals surface area contributed by atoms with Crippen molar-refractivity contribution >= 4 is 66.1 Å². The number of ether oxygens (including phenoxy) is 1. The molecule has 9 aromatic carbocycles. The highest BCUT2D eigenvalue weighted by molar-refractivity contribution is 6.11. The molecule has 0 radical (unpaired) electrons. The van der Waals surface area contributed by atoms with Crippen molar-refractivity contribution in [3.63, 3.8) is 0 Å². The van der Waals surface area contributed by atoms with E-state index in [2.05, 4.69) is 209 Å². The minimum absolute atomic E-state index is 0.277. The normalized spacial score (nSPS) is 13.6. The van der Waals surface area contributed by atoms with Crippen LogP contribution in [0.2, 0.25) is 0 Å². The van der Waals surface area contributed by atoms with Crippen LogP contribution in [0.5, 0.6) is 5.75 Å². The Bertz CT molecular complexity index is 3040. The molecule has 0 spiro atoms. The van der Waals surface area contributed by atoms with Gasteiger partial charge in [-0.05, 0) is 81.9 Å². The van der Waals surface area contributed by atoms with Gasteiger partial charge < -0.3 is 19.5 Å². The third-order valence-electron chi connectivity index (χ3n) is 11.0. The Labute approximate surface area is 319 Å². The molecule has 11 rings (SSSR count). The minimum atomic E-state index is -0.277. The van der Waals surface area contributed by atoms with E-state index in [-0.39, 0.29) is 6.23 Å². The molecule has 1 atom stereocenters. The SMILES string of the molecule is c1ccc(C2Nc3ccc4cccc(N(c5ccc(-c6cccc7ccccc67)cc5)c5ccc6c7ccccc7n(-c7ccccc7)c6c5)c4c3O2)cc1. The number of hydrogen-bond donors (Lipinski definition) is 1. The average molecular weight is 706 g/mol. The van der Waals surface area contributed by atoms with Gasteiger partial charge in [0.25, 0.3) is 0 Å². The lowest BCUT2D eigenvalue weighted by Gasteiger charge is -2.28. The number of benzene rings is 9. The predicted octanol–water partition coefficient (Wildman–Crippen LogP) is 13.7. The van der Waals surface area contributed by atoms with Gasteiger partial charge in [-0.2, -0.15) is 0 Å². The molecule has 0 bridgehead atoms. The number of anilines is 4. The fourth-order valence-electron chi connectivity index (χ4n) is 8.47. The quantitative estimate of drug-likeness (QED) is 0.187. The Hall–Kier alpha value is -7.30. The zero-order chi connectivity index (χ0) is 36.3. The first-order valence-corrected chi connectivity index (χ1v) is 18.8. The van der Waals surface area contributed by atoms with E-state index < -0.39 is 0 Å². The fraction of sp³-hybridized carbons (Fsp3) is 0.0196. The van der Waals surface area contributed by atoms with Crippen molar-refractivity contribution in [2.24, 2.45) is 0 Å². The molecule has 260 valence electrons. The van der Waals surface area contributed by atoms with Gasteiger partial charge in [0.1, 0.15) is 0 Å². The molecule has 0 fully saturated rings. The van der Waals surface area contributed by atoms with Gasteiger partial charge in [0.05, 0.1) is 27.8 Å². The van der Waals surface area contributed by atoms with Gasteiger partial charge in [-0.25, -0.2) is 0 Å². The Morgan fingerprint density at radius 1 is 0.491 bits per heavy atom. The number of para-hydroxylation sites is 2. The molecule has 0 saturated carbocycles. The molecule has 1 N–H and O–H groups in total. The maximum Gasteiger partial charge on any atom is 0.196 e. The average Bonchev–Trinajstić information content (AvgIpc) is 3.84. The van der Waals surface area contributed by atoms with Gasteiger partial charge in [0.15, 0.2) is 12.0 Å². The Morgan fingerprint density at radius 2 is 1.16 bits per heavy atom. The van der Waals surface area contributed by atoms with E-state index in [1.54, 1.807) is 0 Å². The first-order valence-electron chi connectivity index (χ1n) is 18.8. The highest BCUT2D eigenvalue weighted by atomic mass is 16.5. The van der Waals surface area contributed by atoms with Gasteiger partial charge in [0, 0.05) is 33.4 Å². The third-order valence-corrected chi connectivity index (χ3v) is 11.0. The van der Waals surface area contributed by atoms with Crippen LogP contribution in [0, 0.1) is 0 Å². The number of nitrogens with one attached hydrogen (secondary N) is 1. The van der Waals surface area contributed by atoms with Gasteiger partial charge in [-0.15, -0.1) is 0 Å². The van der Waals surface area contributed by atoms with E-state index in [1.807, 2.05) is 6.07 Å². The van der Waals surface area contributed by atoms with Crippen LogP contribution < -0.4 is 15.0 Å². The molecule has 0 saturated heterocycles. The van der Waals surface area contributed by atoms with Gasteiger partial charge in [-0.1, -0.05) is 146 Å². The summed E-state index contributed by atoms with van der Waals surface area (Å²) >= 11 is 0. The first kappa shape index (κ1) is 31.2. The maximum absolute atomic E-state index is 6.83. The van der Waals surface area contributed by atoms with Crippen molar-refractivity contribution in [2.75, 3.05) is 10.2 Å². The van der Waals surface area contributed by atoms with Crippen molar-refractivity contribution < 1.29 is 4.74 Å². The number of hydrogen-bond acceptors (Lipinski definition) is 3. The molecule has 4 heteroatoms. The van der Waals surface area contributed by atoms with Crippen molar-refractivity contribution in [3.8, 4) is 22.6 Å². The molecule has 1 unspecified atom stereocenters. The van der Waals surface area contributed by atoms with Crippen LogP contribution in [-0.2, 0) is 0 Å². The summed E-state index contributed by atoms with van der Waals surface area (Å²) in [5.41, 5.74) is 11.1. The molecular weight excluding hydrogens is 671 g/mol. The zero-order valence-electron chi connectivity index (χ0n) is 29.9. The lowest BCUT2D eigenvalue weighted by Crippen LogP contribution is -2.11. The molecule has 0 amide bonds. The number of nitrogens with zero attached hydrogens (tertiary/aromatic N) is 2. The fourth-order valence-corrected chi connectivity index (χ4v) is 8.47. The molecule has 0 aliphatic carbocycles. The lowest BCUT2D eigenvalue weighted by molar-refractivity contribution is 0.262. The standard InChI is InChI=1S/C51H35N3O/c1-3-14-37(15-4-1)51-52-45-32-27-36-17-12-24-47(49(36)50(45)55-51)53(39-28-25-35(26-29-39)42-22-11-16-34-13-7-8-20-41(34)42)40-30-31-44-43-21-9-10-23-46(43)54(48(44)33-40)38-18-5-2-6-19-38/h1-33,51-52H. The van der Waals surface area contributed by atoms with E-state index in [1.165, 1.54) is 38.2 Å². The molecule has 1 aromatic heterocycles. The summed E-state index contributed by atoms with van der Waals surface area (Å²) in [5.74, 6) is 0.860. The summed E-state index contributed by atoms with van der Waals surface area (Å²) < 4.78 is 9.22. The van der Waals surface area contributed by atoms with Crippen molar-refractivity contribution in [1.82, 2.24) is 4.57 Å². The van der Waals surface area contributed by atoms with Gasteiger partial charge >= 0.3 is 0 Å². The minimum Gasteiger partial charge on any atom is -0.464 e. The van der Waals surface area contributed by atoms with E-state index in [9.17, 15) is 0 Å². The van der Waals surface area contributed by atoms with Crippen LogP contribution >= 0.6 is 0 Å². The van der Waals surface area contributed by atoms with Crippen LogP contribution in [0.4, 0.5) is 22.7 Å². The van der Waals surface area contributed by atoms with Gasteiger partial charge in [0.2, 0.25) is 0 Å². The Balaban J connectivity index is 1.14. The van der Waals surface area contributed by atoms with Crippen LogP contribution in [0.3, 0.4) is 0 Å². The van der Waals surface area contributed by atoms with E-state index >= 15 is 0 Å². The second kappa shape index (κ2) is 12.7. The largest absolute Gasteiger partial charge is 0.464 e. The molecular formula is C51H35N3O. The highest BCUT2D eigenvalue weighted by Crippen LogP contribution is 2.50. The summed E-state index contributed by atoms with van der Waals surface area (Å²) in [5, 5.41) is 10.8. The number of fused-ring (bicyclic) bond motifs is 7. The molecule has 1 aliphatic rings. The van der Waals surface area contributed by atoms with E-state index in [0.717, 1.165) is 56.0 Å². The highest BCUT2D eigenvalue weighted by Gasteiger charge is 2.28.